The van der Waals surface area contributed by atoms with Crippen LogP contribution in [0.2, 0.25) is 0 Å². The molecule has 0 radical (unpaired) electrons. The number of piperidine rings is 1. The fraction of sp³-hybridized carbons (Fsp3) is 0.409. The van der Waals surface area contributed by atoms with Crippen LogP contribution in [0.25, 0.3) is 0 Å². The highest BCUT2D eigenvalue weighted by Crippen LogP contribution is 2.30. The van der Waals surface area contributed by atoms with E-state index in [2.05, 4.69) is 10.3 Å². The Morgan fingerprint density at radius 3 is 2.64 bits per heavy atom. The van der Waals surface area contributed by atoms with E-state index in [0.29, 0.717) is 19.5 Å². The maximum atomic E-state index is 12.7. The van der Waals surface area contributed by atoms with Crippen LogP contribution in [0.5, 0.6) is 5.75 Å². The lowest BCUT2D eigenvalue weighted by Gasteiger charge is -2.36. The van der Waals surface area contributed by atoms with E-state index in [-0.39, 0.29) is 23.8 Å². The summed E-state index contributed by atoms with van der Waals surface area (Å²) in [4.78, 5) is 30.7. The van der Waals surface area contributed by atoms with E-state index in [1.54, 1.807) is 13.3 Å². The van der Waals surface area contributed by atoms with E-state index < -0.39 is 0 Å². The molecule has 6 nitrogen and oxygen atoms in total. The van der Waals surface area contributed by atoms with E-state index in [4.69, 9.17) is 4.74 Å². The number of nitrogens with one attached hydrogen (secondary N) is 1. The molecule has 28 heavy (non-hydrogen) atoms. The molecule has 2 aromatic rings. The summed E-state index contributed by atoms with van der Waals surface area (Å²) in [5, 5.41) is 3.04. The standard InChI is InChI=1S/C22H27N3O3/c1-16(26)24-22(20-8-3-4-11-23-20)18-9-12-25(13-10-18)21(27)15-17-6-5-7-19(14-17)28-2/h3-8,11,14,18,22H,9-10,12-13,15H2,1-2H3,(H,24,26). The van der Waals surface area contributed by atoms with Gasteiger partial charge in [-0.1, -0.05) is 18.2 Å². The van der Waals surface area contributed by atoms with Crippen molar-refractivity contribution in [3.8, 4) is 5.75 Å². The predicted octanol–water partition coefficient (Wildman–Crippen LogP) is 2.75. The highest BCUT2D eigenvalue weighted by Gasteiger charge is 2.30. The molecule has 2 amide bonds. The average Bonchev–Trinajstić information content (AvgIpc) is 2.73. The van der Waals surface area contributed by atoms with Gasteiger partial charge in [0.25, 0.3) is 0 Å². The van der Waals surface area contributed by atoms with E-state index in [9.17, 15) is 9.59 Å². The number of benzene rings is 1. The Balaban J connectivity index is 1.60. The van der Waals surface area contributed by atoms with Crippen LogP contribution in [-0.2, 0) is 16.0 Å². The van der Waals surface area contributed by atoms with Crippen molar-refractivity contribution in [2.45, 2.75) is 32.2 Å². The van der Waals surface area contributed by atoms with Crippen LogP contribution < -0.4 is 10.1 Å². The first-order chi connectivity index (χ1) is 13.6. The molecule has 1 aromatic heterocycles. The maximum Gasteiger partial charge on any atom is 0.226 e. The van der Waals surface area contributed by atoms with Crippen LogP contribution in [0, 0.1) is 5.92 Å². The van der Waals surface area contributed by atoms with Crippen LogP contribution in [0.4, 0.5) is 0 Å². The molecule has 1 aromatic carbocycles. The number of carbonyl (C=O) groups is 2. The fourth-order valence-electron chi connectivity index (χ4n) is 3.76. The van der Waals surface area contributed by atoms with E-state index in [1.807, 2.05) is 47.4 Å². The maximum absolute atomic E-state index is 12.7. The number of nitrogens with zero attached hydrogens (tertiary/aromatic N) is 2. The zero-order valence-corrected chi connectivity index (χ0v) is 16.4. The first-order valence-corrected chi connectivity index (χ1v) is 9.65. The minimum atomic E-state index is -0.116. The summed E-state index contributed by atoms with van der Waals surface area (Å²) in [5.74, 6) is 1.09. The van der Waals surface area contributed by atoms with E-state index in [0.717, 1.165) is 29.8 Å². The van der Waals surface area contributed by atoms with Gasteiger partial charge in [0.1, 0.15) is 5.75 Å². The van der Waals surface area contributed by atoms with Crippen molar-refractivity contribution in [3.05, 3.63) is 59.9 Å². The van der Waals surface area contributed by atoms with Gasteiger partial charge in [0, 0.05) is 26.2 Å². The molecule has 1 unspecified atom stereocenters. The summed E-state index contributed by atoms with van der Waals surface area (Å²) in [6, 6.07) is 13.3. The zero-order valence-electron chi connectivity index (χ0n) is 16.4. The summed E-state index contributed by atoms with van der Waals surface area (Å²) in [6.45, 7) is 2.91. The van der Waals surface area contributed by atoms with Gasteiger partial charge in [0.05, 0.1) is 25.3 Å². The van der Waals surface area contributed by atoms with Crippen molar-refractivity contribution < 1.29 is 14.3 Å². The van der Waals surface area contributed by atoms with Crippen LogP contribution in [0.1, 0.15) is 37.1 Å². The fourth-order valence-corrected chi connectivity index (χ4v) is 3.76. The molecule has 6 heteroatoms. The topological polar surface area (TPSA) is 71.5 Å². The number of hydrogen-bond donors (Lipinski definition) is 1. The molecule has 1 N–H and O–H groups in total. The first-order valence-electron chi connectivity index (χ1n) is 9.65. The lowest BCUT2D eigenvalue weighted by molar-refractivity contribution is -0.132. The van der Waals surface area contributed by atoms with E-state index in [1.165, 1.54) is 6.92 Å². The van der Waals surface area contributed by atoms with Gasteiger partial charge in [0.15, 0.2) is 0 Å². The second kappa shape index (κ2) is 9.35. The third kappa shape index (κ3) is 5.09. The smallest absolute Gasteiger partial charge is 0.226 e. The molecule has 0 aliphatic carbocycles. The Hall–Kier alpha value is -2.89. The number of ether oxygens (including phenoxy) is 1. The van der Waals surface area contributed by atoms with Crippen molar-refractivity contribution in [3.63, 3.8) is 0 Å². The van der Waals surface area contributed by atoms with Gasteiger partial charge in [-0.25, -0.2) is 0 Å². The number of carbonyl (C=O) groups excluding carboxylic acids is 2. The summed E-state index contributed by atoms with van der Waals surface area (Å²) in [6.07, 6.45) is 3.80. The summed E-state index contributed by atoms with van der Waals surface area (Å²) in [7, 11) is 1.62. The van der Waals surface area contributed by atoms with Crippen LogP contribution in [0.3, 0.4) is 0 Å². The van der Waals surface area contributed by atoms with Gasteiger partial charge in [-0.2, -0.15) is 0 Å². The van der Waals surface area contributed by atoms with Crippen molar-refractivity contribution in [2.24, 2.45) is 5.92 Å². The second-order valence-corrected chi connectivity index (χ2v) is 7.18. The largest absolute Gasteiger partial charge is 0.497 e. The van der Waals surface area contributed by atoms with Gasteiger partial charge < -0.3 is 15.0 Å². The quantitative estimate of drug-likeness (QED) is 0.835. The van der Waals surface area contributed by atoms with Crippen LogP contribution in [0.15, 0.2) is 48.7 Å². The van der Waals surface area contributed by atoms with Gasteiger partial charge in [-0.3, -0.25) is 14.6 Å². The number of rotatable bonds is 6. The van der Waals surface area contributed by atoms with Crippen molar-refractivity contribution >= 4 is 11.8 Å². The monoisotopic (exact) mass is 381 g/mol. The highest BCUT2D eigenvalue weighted by atomic mass is 16.5. The Morgan fingerprint density at radius 2 is 2.00 bits per heavy atom. The average molecular weight is 381 g/mol. The molecule has 148 valence electrons. The molecule has 0 saturated carbocycles. The molecule has 0 spiro atoms. The second-order valence-electron chi connectivity index (χ2n) is 7.18. The normalized spacial score (nSPS) is 15.7. The Bertz CT molecular complexity index is 802. The van der Waals surface area contributed by atoms with E-state index >= 15 is 0 Å². The minimum Gasteiger partial charge on any atom is -0.497 e. The molecule has 0 bridgehead atoms. The number of likely N-dealkylation sites (tertiary alicyclic amines) is 1. The number of pyridine rings is 1. The molecule has 1 aliphatic heterocycles. The van der Waals surface area contributed by atoms with Gasteiger partial charge in [0.2, 0.25) is 11.8 Å². The van der Waals surface area contributed by atoms with Crippen LogP contribution >= 0.6 is 0 Å². The SMILES string of the molecule is COc1cccc(CC(=O)N2CCC(C(NC(C)=O)c3ccccn3)CC2)c1. The van der Waals surface area contributed by atoms with Crippen molar-refractivity contribution in [1.29, 1.82) is 0 Å². The van der Waals surface area contributed by atoms with Crippen molar-refractivity contribution in [1.82, 2.24) is 15.2 Å². The number of hydrogen-bond acceptors (Lipinski definition) is 4. The zero-order chi connectivity index (χ0) is 19.9. The lowest BCUT2D eigenvalue weighted by Crippen LogP contribution is -2.43. The molecule has 2 heterocycles. The molecule has 1 atom stereocenters. The Morgan fingerprint density at radius 1 is 1.21 bits per heavy atom. The Labute approximate surface area is 165 Å². The molecule has 1 fully saturated rings. The highest BCUT2D eigenvalue weighted by molar-refractivity contribution is 5.79. The molecule has 3 rings (SSSR count). The molecular formula is C22H27N3O3. The Kier molecular flexibility index (Phi) is 6.63. The summed E-state index contributed by atoms with van der Waals surface area (Å²) < 4.78 is 5.23. The number of methoxy groups -OCH3 is 1. The number of aromatic nitrogens is 1. The minimum absolute atomic E-state index is 0.0628. The lowest BCUT2D eigenvalue weighted by atomic mass is 9.87. The molecule has 1 saturated heterocycles. The summed E-state index contributed by atoms with van der Waals surface area (Å²) in [5.41, 5.74) is 1.83. The predicted molar refractivity (Wildman–Crippen MR) is 107 cm³/mol. The molecule has 1 aliphatic rings. The van der Waals surface area contributed by atoms with Gasteiger partial charge >= 0.3 is 0 Å². The summed E-state index contributed by atoms with van der Waals surface area (Å²) >= 11 is 0. The third-order valence-corrected chi connectivity index (χ3v) is 5.22. The van der Waals surface area contributed by atoms with Gasteiger partial charge in [-0.15, -0.1) is 0 Å². The first kappa shape index (κ1) is 19.9. The van der Waals surface area contributed by atoms with Crippen molar-refractivity contribution in [2.75, 3.05) is 20.2 Å². The number of amides is 2. The van der Waals surface area contributed by atoms with Crippen LogP contribution in [-0.4, -0.2) is 41.9 Å². The molecular weight excluding hydrogens is 354 g/mol. The third-order valence-electron chi connectivity index (χ3n) is 5.22. The van der Waals surface area contributed by atoms with Gasteiger partial charge in [-0.05, 0) is 48.6 Å².